The van der Waals surface area contributed by atoms with Crippen molar-refractivity contribution in [3.63, 3.8) is 0 Å². The highest BCUT2D eigenvalue weighted by Crippen LogP contribution is 2.30. The standard InChI is InChI=1S/C13H25NO2/c1-15-11-12-7-10-16-13(14-12)8-5-3-2-4-6-9-13/h12,14H,2-11H2,1H3. The zero-order valence-electron chi connectivity index (χ0n) is 10.5. The van der Waals surface area contributed by atoms with Crippen LogP contribution >= 0.6 is 0 Å². The van der Waals surface area contributed by atoms with Crippen molar-refractivity contribution in [2.24, 2.45) is 0 Å². The Hall–Kier alpha value is -0.120. The molecule has 0 aromatic heterocycles. The monoisotopic (exact) mass is 227 g/mol. The zero-order valence-corrected chi connectivity index (χ0v) is 10.5. The molecule has 1 unspecified atom stereocenters. The first-order valence-corrected chi connectivity index (χ1v) is 6.75. The summed E-state index contributed by atoms with van der Waals surface area (Å²) >= 11 is 0. The molecular weight excluding hydrogens is 202 g/mol. The van der Waals surface area contributed by atoms with E-state index in [0.717, 1.165) is 19.6 Å². The third kappa shape index (κ3) is 3.19. The van der Waals surface area contributed by atoms with Crippen molar-refractivity contribution in [3.05, 3.63) is 0 Å². The van der Waals surface area contributed by atoms with Gasteiger partial charge < -0.3 is 9.47 Å². The van der Waals surface area contributed by atoms with Gasteiger partial charge in [-0.25, -0.2) is 0 Å². The van der Waals surface area contributed by atoms with Crippen LogP contribution in [0.4, 0.5) is 0 Å². The normalized spacial score (nSPS) is 30.9. The molecule has 2 rings (SSSR count). The summed E-state index contributed by atoms with van der Waals surface area (Å²) in [6.07, 6.45) is 10.1. The summed E-state index contributed by atoms with van der Waals surface area (Å²) in [6, 6.07) is 0.484. The number of rotatable bonds is 2. The van der Waals surface area contributed by atoms with Crippen molar-refractivity contribution < 1.29 is 9.47 Å². The van der Waals surface area contributed by atoms with Gasteiger partial charge >= 0.3 is 0 Å². The first-order chi connectivity index (χ1) is 7.85. The number of nitrogens with one attached hydrogen (secondary N) is 1. The van der Waals surface area contributed by atoms with E-state index in [9.17, 15) is 0 Å². The minimum atomic E-state index is -0.0259. The van der Waals surface area contributed by atoms with Gasteiger partial charge in [0.25, 0.3) is 0 Å². The molecule has 1 atom stereocenters. The lowest BCUT2D eigenvalue weighted by Crippen LogP contribution is -2.58. The maximum atomic E-state index is 6.05. The second-order valence-corrected chi connectivity index (χ2v) is 5.20. The Morgan fingerprint density at radius 1 is 1.19 bits per heavy atom. The topological polar surface area (TPSA) is 30.5 Å². The van der Waals surface area contributed by atoms with Crippen molar-refractivity contribution >= 4 is 0 Å². The van der Waals surface area contributed by atoms with Crippen LogP contribution in [0.2, 0.25) is 0 Å². The average Bonchev–Trinajstić information content (AvgIpc) is 2.25. The molecule has 0 radical (unpaired) electrons. The molecule has 1 saturated carbocycles. The van der Waals surface area contributed by atoms with Crippen molar-refractivity contribution in [1.29, 1.82) is 0 Å². The molecule has 1 heterocycles. The molecular formula is C13H25NO2. The molecule has 1 saturated heterocycles. The van der Waals surface area contributed by atoms with Gasteiger partial charge in [0.15, 0.2) is 0 Å². The number of hydrogen-bond donors (Lipinski definition) is 1. The van der Waals surface area contributed by atoms with E-state index in [4.69, 9.17) is 9.47 Å². The minimum absolute atomic E-state index is 0.0259. The molecule has 94 valence electrons. The SMILES string of the molecule is COCC1CCOC2(CCCCCCC2)N1. The van der Waals surface area contributed by atoms with Gasteiger partial charge in [0.05, 0.1) is 13.2 Å². The van der Waals surface area contributed by atoms with E-state index < -0.39 is 0 Å². The van der Waals surface area contributed by atoms with Crippen molar-refractivity contribution in [1.82, 2.24) is 5.32 Å². The largest absolute Gasteiger partial charge is 0.383 e. The van der Waals surface area contributed by atoms with Crippen LogP contribution in [0.3, 0.4) is 0 Å². The van der Waals surface area contributed by atoms with Gasteiger partial charge in [-0.15, -0.1) is 0 Å². The average molecular weight is 227 g/mol. The van der Waals surface area contributed by atoms with Gasteiger partial charge in [-0.1, -0.05) is 19.3 Å². The van der Waals surface area contributed by atoms with Crippen molar-refractivity contribution in [2.45, 2.75) is 63.1 Å². The Labute approximate surface area is 98.9 Å². The van der Waals surface area contributed by atoms with E-state index in [1.54, 1.807) is 7.11 Å². The Kier molecular flexibility index (Phi) is 4.62. The van der Waals surface area contributed by atoms with Crippen LogP contribution in [-0.2, 0) is 9.47 Å². The van der Waals surface area contributed by atoms with Gasteiger partial charge in [-0.2, -0.15) is 0 Å². The summed E-state index contributed by atoms with van der Waals surface area (Å²) in [6.45, 7) is 1.70. The number of ether oxygens (including phenoxy) is 2. The quantitative estimate of drug-likeness (QED) is 0.786. The predicted octanol–water partition coefficient (Wildman–Crippen LogP) is 2.45. The van der Waals surface area contributed by atoms with E-state index in [2.05, 4.69) is 5.32 Å². The smallest absolute Gasteiger partial charge is 0.119 e. The van der Waals surface area contributed by atoms with Crippen LogP contribution < -0.4 is 5.32 Å². The zero-order chi connectivity index (χ0) is 11.3. The van der Waals surface area contributed by atoms with Crippen molar-refractivity contribution in [3.8, 4) is 0 Å². The van der Waals surface area contributed by atoms with Gasteiger partial charge in [0, 0.05) is 13.2 Å². The summed E-state index contributed by atoms with van der Waals surface area (Å²) < 4.78 is 11.3. The predicted molar refractivity (Wildman–Crippen MR) is 64.4 cm³/mol. The van der Waals surface area contributed by atoms with Crippen LogP contribution in [0.15, 0.2) is 0 Å². The lowest BCUT2D eigenvalue weighted by Gasteiger charge is -2.43. The van der Waals surface area contributed by atoms with Crippen LogP contribution in [0.1, 0.15) is 51.4 Å². The first kappa shape index (κ1) is 12.3. The van der Waals surface area contributed by atoms with Crippen LogP contribution in [0.5, 0.6) is 0 Å². The number of hydrogen-bond acceptors (Lipinski definition) is 3. The molecule has 0 bridgehead atoms. The Morgan fingerprint density at radius 3 is 2.56 bits per heavy atom. The lowest BCUT2D eigenvalue weighted by molar-refractivity contribution is -0.130. The van der Waals surface area contributed by atoms with Crippen LogP contribution in [0, 0.1) is 0 Å². The second-order valence-electron chi connectivity index (χ2n) is 5.20. The fraction of sp³-hybridized carbons (Fsp3) is 1.00. The van der Waals surface area contributed by atoms with Gasteiger partial charge in [0.2, 0.25) is 0 Å². The molecule has 0 aromatic carbocycles. The molecule has 1 N–H and O–H groups in total. The van der Waals surface area contributed by atoms with E-state index in [-0.39, 0.29) is 5.72 Å². The Morgan fingerprint density at radius 2 is 1.88 bits per heavy atom. The highest BCUT2D eigenvalue weighted by Gasteiger charge is 2.36. The molecule has 2 aliphatic rings. The van der Waals surface area contributed by atoms with E-state index in [1.807, 2.05) is 0 Å². The summed E-state index contributed by atoms with van der Waals surface area (Å²) in [7, 11) is 1.78. The van der Waals surface area contributed by atoms with Crippen molar-refractivity contribution in [2.75, 3.05) is 20.3 Å². The third-order valence-electron chi connectivity index (χ3n) is 3.84. The number of methoxy groups -OCH3 is 1. The molecule has 1 aliphatic carbocycles. The third-order valence-corrected chi connectivity index (χ3v) is 3.84. The van der Waals surface area contributed by atoms with E-state index >= 15 is 0 Å². The molecule has 3 heteroatoms. The maximum Gasteiger partial charge on any atom is 0.119 e. The minimum Gasteiger partial charge on any atom is -0.383 e. The molecule has 2 fully saturated rings. The highest BCUT2D eigenvalue weighted by molar-refractivity contribution is 4.87. The first-order valence-electron chi connectivity index (χ1n) is 6.75. The summed E-state index contributed by atoms with van der Waals surface area (Å²) in [5, 5.41) is 3.69. The van der Waals surface area contributed by atoms with Gasteiger partial charge in [0.1, 0.15) is 5.72 Å². The maximum absolute atomic E-state index is 6.05. The fourth-order valence-corrected chi connectivity index (χ4v) is 2.97. The summed E-state index contributed by atoms with van der Waals surface area (Å²) in [4.78, 5) is 0. The van der Waals surface area contributed by atoms with E-state index in [0.29, 0.717) is 6.04 Å². The molecule has 3 nitrogen and oxygen atoms in total. The molecule has 0 aromatic rings. The second kappa shape index (κ2) is 5.99. The Balaban J connectivity index is 1.92. The van der Waals surface area contributed by atoms with E-state index in [1.165, 1.54) is 44.9 Å². The summed E-state index contributed by atoms with van der Waals surface area (Å²) in [5.41, 5.74) is -0.0259. The summed E-state index contributed by atoms with van der Waals surface area (Å²) in [5.74, 6) is 0. The fourth-order valence-electron chi connectivity index (χ4n) is 2.97. The van der Waals surface area contributed by atoms with Gasteiger partial charge in [-0.3, -0.25) is 5.32 Å². The highest BCUT2D eigenvalue weighted by atomic mass is 16.5. The van der Waals surface area contributed by atoms with Gasteiger partial charge in [-0.05, 0) is 32.1 Å². The van der Waals surface area contributed by atoms with Crippen LogP contribution in [-0.4, -0.2) is 32.1 Å². The molecule has 16 heavy (non-hydrogen) atoms. The molecule has 0 amide bonds. The lowest BCUT2D eigenvalue weighted by atomic mass is 9.91. The Bertz CT molecular complexity index is 198. The molecule has 1 aliphatic heterocycles. The van der Waals surface area contributed by atoms with Crippen LogP contribution in [0.25, 0.3) is 0 Å². The molecule has 1 spiro atoms.